The van der Waals surface area contributed by atoms with E-state index in [4.69, 9.17) is 15.2 Å². The van der Waals surface area contributed by atoms with Gasteiger partial charge in [-0.2, -0.15) is 0 Å². The fourth-order valence-corrected chi connectivity index (χ4v) is 2.18. The highest BCUT2D eigenvalue weighted by atomic mass is 16.5. The molecule has 0 bridgehead atoms. The lowest BCUT2D eigenvalue weighted by molar-refractivity contribution is 0.0716. The second kappa shape index (κ2) is 9.80. The van der Waals surface area contributed by atoms with Gasteiger partial charge in [-0.1, -0.05) is 13.8 Å². The number of nitrogens with two attached hydrogens (primary N) is 1. The summed E-state index contributed by atoms with van der Waals surface area (Å²) in [5.74, 6) is 0.872. The topological polar surface area (TPSA) is 70.3 Å². The van der Waals surface area contributed by atoms with E-state index in [9.17, 15) is 0 Å². The van der Waals surface area contributed by atoms with E-state index in [1.54, 1.807) is 7.11 Å². The van der Waals surface area contributed by atoms with E-state index in [0.29, 0.717) is 26.4 Å². The van der Waals surface area contributed by atoms with Gasteiger partial charge in [0.2, 0.25) is 0 Å². The molecule has 1 aromatic heterocycles. The molecule has 0 radical (unpaired) electrons. The van der Waals surface area contributed by atoms with E-state index in [-0.39, 0.29) is 0 Å². The Bertz CT molecular complexity index is 372. The number of methoxy groups -OCH3 is 1. The first kappa shape index (κ1) is 17.0. The van der Waals surface area contributed by atoms with E-state index >= 15 is 0 Å². The Hall–Kier alpha value is -1.04. The minimum Gasteiger partial charge on any atom is -0.382 e. The third-order valence-corrected chi connectivity index (χ3v) is 3.19. The Morgan fingerprint density at radius 2 is 1.60 bits per heavy atom. The van der Waals surface area contributed by atoms with Crippen molar-refractivity contribution in [2.75, 3.05) is 33.5 Å². The lowest BCUT2D eigenvalue weighted by Crippen LogP contribution is -2.15. The number of rotatable bonds is 10. The molecule has 0 saturated heterocycles. The highest BCUT2D eigenvalue weighted by Gasteiger charge is 2.11. The van der Waals surface area contributed by atoms with Crippen LogP contribution in [-0.4, -0.2) is 43.4 Å². The summed E-state index contributed by atoms with van der Waals surface area (Å²) in [7, 11) is 1.67. The molecule has 0 aromatic carbocycles. The highest BCUT2D eigenvalue weighted by molar-refractivity contribution is 5.27. The van der Waals surface area contributed by atoms with Gasteiger partial charge in [0.25, 0.3) is 0 Å². The zero-order valence-electron chi connectivity index (χ0n) is 12.9. The van der Waals surface area contributed by atoms with E-state index < -0.39 is 0 Å². The predicted molar refractivity (Wildman–Crippen MR) is 79.9 cm³/mol. The Morgan fingerprint density at radius 3 is 2.10 bits per heavy atom. The Kier molecular flexibility index (Phi) is 8.34. The van der Waals surface area contributed by atoms with Crippen molar-refractivity contribution < 1.29 is 9.47 Å². The van der Waals surface area contributed by atoms with Gasteiger partial charge in [-0.25, -0.2) is 9.97 Å². The molecule has 0 atom stereocenters. The first-order valence-electron chi connectivity index (χ1n) is 7.41. The third-order valence-electron chi connectivity index (χ3n) is 3.19. The quantitative estimate of drug-likeness (QED) is 0.655. The molecule has 5 nitrogen and oxygen atoms in total. The van der Waals surface area contributed by atoms with Crippen LogP contribution >= 0.6 is 0 Å². The second-order valence-electron chi connectivity index (χ2n) is 4.61. The second-order valence-corrected chi connectivity index (χ2v) is 4.61. The molecule has 1 aromatic rings. The van der Waals surface area contributed by atoms with Crippen molar-refractivity contribution >= 4 is 0 Å². The normalized spacial score (nSPS) is 11.0. The fourth-order valence-electron chi connectivity index (χ4n) is 2.18. The van der Waals surface area contributed by atoms with Crippen molar-refractivity contribution in [3.63, 3.8) is 0 Å². The zero-order valence-corrected chi connectivity index (χ0v) is 12.9. The average molecular weight is 281 g/mol. The molecule has 2 N–H and O–H groups in total. The first-order valence-corrected chi connectivity index (χ1v) is 7.41. The molecule has 0 aliphatic heterocycles. The van der Waals surface area contributed by atoms with E-state index in [0.717, 1.165) is 42.9 Å². The number of nitrogens with zero attached hydrogens (tertiary/aromatic N) is 2. The van der Waals surface area contributed by atoms with Gasteiger partial charge in [-0.15, -0.1) is 0 Å². The van der Waals surface area contributed by atoms with Crippen molar-refractivity contribution in [1.82, 2.24) is 9.97 Å². The molecule has 0 unspecified atom stereocenters. The van der Waals surface area contributed by atoms with E-state index in [1.165, 1.54) is 5.56 Å². The van der Waals surface area contributed by atoms with E-state index in [1.807, 2.05) is 0 Å². The smallest absolute Gasteiger partial charge is 0.131 e. The maximum atomic E-state index is 5.69. The van der Waals surface area contributed by atoms with Gasteiger partial charge in [0.1, 0.15) is 5.82 Å². The molecular formula is C15H27N3O2. The van der Waals surface area contributed by atoms with Crippen LogP contribution in [0.25, 0.3) is 0 Å². The SMILES string of the molecule is CCc1nc(CCOCCOC)nc(CC)c1CCN. The Balaban J connectivity index is 2.72. The minimum absolute atomic E-state index is 0.614. The van der Waals surface area contributed by atoms with Crippen LogP contribution in [0.15, 0.2) is 0 Å². The van der Waals surface area contributed by atoms with E-state index in [2.05, 4.69) is 23.8 Å². The standard InChI is InChI=1S/C15H27N3O2/c1-4-13-12(6-8-16)14(5-2)18-15(17-13)7-9-20-11-10-19-3/h4-11,16H2,1-3H3. The van der Waals surface area contributed by atoms with Crippen molar-refractivity contribution in [2.24, 2.45) is 5.73 Å². The van der Waals surface area contributed by atoms with Gasteiger partial charge < -0.3 is 15.2 Å². The molecule has 1 rings (SSSR count). The van der Waals surface area contributed by atoms with Gasteiger partial charge in [-0.05, 0) is 31.4 Å². The van der Waals surface area contributed by atoms with Crippen LogP contribution in [0.3, 0.4) is 0 Å². The maximum Gasteiger partial charge on any atom is 0.131 e. The van der Waals surface area contributed by atoms with Crippen molar-refractivity contribution in [1.29, 1.82) is 0 Å². The van der Waals surface area contributed by atoms with Crippen LogP contribution < -0.4 is 5.73 Å². The van der Waals surface area contributed by atoms with Crippen molar-refractivity contribution in [3.05, 3.63) is 22.8 Å². The van der Waals surface area contributed by atoms with Gasteiger partial charge in [0.05, 0.1) is 19.8 Å². The summed E-state index contributed by atoms with van der Waals surface area (Å²) in [4.78, 5) is 9.32. The van der Waals surface area contributed by atoms with Crippen LogP contribution in [0.5, 0.6) is 0 Å². The van der Waals surface area contributed by atoms with Gasteiger partial charge >= 0.3 is 0 Å². The van der Waals surface area contributed by atoms with Crippen LogP contribution in [0.1, 0.15) is 36.6 Å². The molecule has 20 heavy (non-hydrogen) atoms. The molecule has 0 fully saturated rings. The molecule has 0 aliphatic carbocycles. The molecule has 0 aliphatic rings. The summed E-state index contributed by atoms with van der Waals surface area (Å²) in [5.41, 5.74) is 9.19. The molecule has 0 amide bonds. The summed E-state index contributed by atoms with van der Waals surface area (Å²) in [6, 6.07) is 0. The van der Waals surface area contributed by atoms with Gasteiger partial charge in [-0.3, -0.25) is 0 Å². The molecular weight excluding hydrogens is 254 g/mol. The van der Waals surface area contributed by atoms with Crippen molar-refractivity contribution in [3.8, 4) is 0 Å². The lowest BCUT2D eigenvalue weighted by Gasteiger charge is -2.13. The summed E-state index contributed by atoms with van der Waals surface area (Å²) < 4.78 is 10.4. The van der Waals surface area contributed by atoms with Gasteiger partial charge in [0.15, 0.2) is 0 Å². The molecule has 0 spiro atoms. The van der Waals surface area contributed by atoms with Crippen LogP contribution in [-0.2, 0) is 35.2 Å². The average Bonchev–Trinajstić information content (AvgIpc) is 2.48. The van der Waals surface area contributed by atoms with Crippen LogP contribution in [0, 0.1) is 0 Å². The number of hydrogen-bond acceptors (Lipinski definition) is 5. The number of aromatic nitrogens is 2. The van der Waals surface area contributed by atoms with Crippen LogP contribution in [0.4, 0.5) is 0 Å². The Morgan fingerprint density at radius 1 is 0.950 bits per heavy atom. The fraction of sp³-hybridized carbons (Fsp3) is 0.733. The zero-order chi connectivity index (χ0) is 14.8. The first-order chi connectivity index (χ1) is 9.76. The van der Waals surface area contributed by atoms with Gasteiger partial charge in [0, 0.05) is 24.9 Å². The third kappa shape index (κ3) is 5.15. The summed E-state index contributed by atoms with van der Waals surface area (Å²) in [5, 5.41) is 0. The number of ether oxygens (including phenoxy) is 2. The molecule has 5 heteroatoms. The number of aryl methyl sites for hydroxylation is 2. The maximum absolute atomic E-state index is 5.69. The monoisotopic (exact) mass is 281 g/mol. The summed E-state index contributed by atoms with van der Waals surface area (Å²) >= 11 is 0. The van der Waals surface area contributed by atoms with Crippen LogP contribution in [0.2, 0.25) is 0 Å². The molecule has 0 saturated carbocycles. The largest absolute Gasteiger partial charge is 0.382 e. The summed E-state index contributed by atoms with van der Waals surface area (Å²) in [6.07, 6.45) is 3.44. The lowest BCUT2D eigenvalue weighted by atomic mass is 10.0. The molecule has 114 valence electrons. The summed E-state index contributed by atoms with van der Waals surface area (Å²) in [6.45, 7) is 6.76. The molecule has 1 heterocycles. The number of hydrogen-bond donors (Lipinski definition) is 1. The highest BCUT2D eigenvalue weighted by Crippen LogP contribution is 2.14. The minimum atomic E-state index is 0.614. The Labute approximate surface area is 121 Å². The van der Waals surface area contributed by atoms with Crippen molar-refractivity contribution in [2.45, 2.75) is 39.5 Å². The predicted octanol–water partition coefficient (Wildman–Crippen LogP) is 1.31.